The lowest BCUT2D eigenvalue weighted by Crippen LogP contribution is -2.26. The van der Waals surface area contributed by atoms with Gasteiger partial charge in [0.25, 0.3) is 0 Å². The normalized spacial score (nSPS) is 16.7. The van der Waals surface area contributed by atoms with Gasteiger partial charge in [-0.1, -0.05) is 38.1 Å². The molecular formula is C16H18N2. The third-order valence-electron chi connectivity index (χ3n) is 3.71. The summed E-state index contributed by atoms with van der Waals surface area (Å²) >= 11 is 0. The van der Waals surface area contributed by atoms with Crippen molar-refractivity contribution in [1.82, 2.24) is 4.98 Å². The number of hydrogen-bond acceptors (Lipinski definition) is 2. The first-order valence-electron chi connectivity index (χ1n) is 6.38. The van der Waals surface area contributed by atoms with E-state index in [9.17, 15) is 0 Å². The average Bonchev–Trinajstić information content (AvgIpc) is 2.63. The number of hydrogen-bond donors (Lipinski definition) is 0. The molecule has 92 valence electrons. The number of para-hydroxylation sites is 1. The van der Waals surface area contributed by atoms with Gasteiger partial charge in [0.1, 0.15) is 5.82 Å². The Morgan fingerprint density at radius 2 is 1.89 bits per heavy atom. The summed E-state index contributed by atoms with van der Waals surface area (Å²) in [7, 11) is 0. The molecule has 1 aliphatic rings. The first-order valence-corrected chi connectivity index (χ1v) is 6.38. The average molecular weight is 238 g/mol. The minimum Gasteiger partial charge on any atom is -0.325 e. The van der Waals surface area contributed by atoms with Crippen LogP contribution in [0.4, 0.5) is 11.5 Å². The zero-order valence-electron chi connectivity index (χ0n) is 11.1. The highest BCUT2D eigenvalue weighted by Gasteiger charge is 2.36. The monoisotopic (exact) mass is 238 g/mol. The van der Waals surface area contributed by atoms with Crippen molar-refractivity contribution >= 4 is 11.5 Å². The molecule has 0 aliphatic carbocycles. The number of aromatic nitrogens is 1. The molecule has 0 unspecified atom stereocenters. The number of benzene rings is 1. The smallest absolute Gasteiger partial charge is 0.135 e. The van der Waals surface area contributed by atoms with Crippen molar-refractivity contribution in [3.8, 4) is 0 Å². The van der Waals surface area contributed by atoms with Crippen LogP contribution in [0.2, 0.25) is 0 Å². The molecule has 0 bridgehead atoms. The van der Waals surface area contributed by atoms with Crippen LogP contribution in [-0.2, 0) is 5.41 Å². The van der Waals surface area contributed by atoms with E-state index in [0.717, 1.165) is 12.4 Å². The Morgan fingerprint density at radius 1 is 1.11 bits per heavy atom. The Morgan fingerprint density at radius 3 is 2.67 bits per heavy atom. The van der Waals surface area contributed by atoms with Gasteiger partial charge in [0.2, 0.25) is 0 Å². The van der Waals surface area contributed by atoms with Crippen LogP contribution in [0.1, 0.15) is 25.0 Å². The molecule has 3 rings (SSSR count). The Labute approximate surface area is 108 Å². The maximum atomic E-state index is 4.55. The van der Waals surface area contributed by atoms with E-state index in [-0.39, 0.29) is 5.41 Å². The molecule has 0 amide bonds. The molecule has 0 spiro atoms. The molecule has 18 heavy (non-hydrogen) atoms. The van der Waals surface area contributed by atoms with Gasteiger partial charge >= 0.3 is 0 Å². The summed E-state index contributed by atoms with van der Waals surface area (Å²) in [5, 5.41) is 0. The number of pyridine rings is 1. The van der Waals surface area contributed by atoms with Gasteiger partial charge in [-0.05, 0) is 30.2 Å². The minimum absolute atomic E-state index is 0.181. The first-order chi connectivity index (χ1) is 8.59. The molecule has 1 aromatic heterocycles. The van der Waals surface area contributed by atoms with Crippen LogP contribution in [0.25, 0.3) is 0 Å². The third kappa shape index (κ3) is 1.60. The van der Waals surface area contributed by atoms with E-state index in [1.54, 1.807) is 0 Å². The van der Waals surface area contributed by atoms with Crippen LogP contribution < -0.4 is 4.90 Å². The number of fused-ring (bicyclic) bond motifs is 1. The number of aryl methyl sites for hydroxylation is 1. The van der Waals surface area contributed by atoms with Gasteiger partial charge in [-0.3, -0.25) is 0 Å². The van der Waals surface area contributed by atoms with E-state index >= 15 is 0 Å². The van der Waals surface area contributed by atoms with E-state index in [0.29, 0.717) is 0 Å². The predicted molar refractivity (Wildman–Crippen MR) is 75.4 cm³/mol. The largest absolute Gasteiger partial charge is 0.325 e. The molecule has 0 saturated carbocycles. The standard InChI is InChI=1S/C16H18N2/c1-12-7-6-10-17-15(12)18-11-16(2,3)13-8-4-5-9-14(13)18/h4-10H,11H2,1-3H3. The van der Waals surface area contributed by atoms with Crippen molar-refractivity contribution in [2.45, 2.75) is 26.2 Å². The van der Waals surface area contributed by atoms with Gasteiger partial charge in [-0.15, -0.1) is 0 Å². The van der Waals surface area contributed by atoms with Gasteiger partial charge in [-0.2, -0.15) is 0 Å². The molecule has 2 heterocycles. The Kier molecular flexibility index (Phi) is 2.40. The maximum Gasteiger partial charge on any atom is 0.135 e. The fourth-order valence-corrected chi connectivity index (χ4v) is 2.80. The quantitative estimate of drug-likeness (QED) is 0.751. The van der Waals surface area contributed by atoms with E-state index in [1.807, 2.05) is 12.3 Å². The van der Waals surface area contributed by atoms with Crippen LogP contribution in [-0.4, -0.2) is 11.5 Å². The second kappa shape index (κ2) is 3.84. The number of rotatable bonds is 1. The van der Waals surface area contributed by atoms with E-state index in [2.05, 4.69) is 61.0 Å². The summed E-state index contributed by atoms with van der Waals surface area (Å²) in [6.07, 6.45) is 1.87. The van der Waals surface area contributed by atoms with Crippen molar-refractivity contribution in [1.29, 1.82) is 0 Å². The lowest BCUT2D eigenvalue weighted by atomic mass is 9.87. The van der Waals surface area contributed by atoms with Crippen molar-refractivity contribution in [2.24, 2.45) is 0 Å². The Hall–Kier alpha value is -1.83. The second-order valence-corrected chi connectivity index (χ2v) is 5.63. The van der Waals surface area contributed by atoms with Gasteiger partial charge in [0, 0.05) is 23.8 Å². The molecule has 2 aromatic rings. The fourth-order valence-electron chi connectivity index (χ4n) is 2.80. The lowest BCUT2D eigenvalue weighted by molar-refractivity contribution is 0.567. The van der Waals surface area contributed by atoms with Crippen LogP contribution in [0.3, 0.4) is 0 Å². The molecule has 0 radical (unpaired) electrons. The summed E-state index contributed by atoms with van der Waals surface area (Å²) in [5.41, 5.74) is 4.12. The second-order valence-electron chi connectivity index (χ2n) is 5.63. The third-order valence-corrected chi connectivity index (χ3v) is 3.71. The topological polar surface area (TPSA) is 16.1 Å². The molecule has 0 atom stereocenters. The van der Waals surface area contributed by atoms with E-state index in [1.165, 1.54) is 16.8 Å². The molecule has 2 heteroatoms. The van der Waals surface area contributed by atoms with Crippen molar-refractivity contribution in [3.63, 3.8) is 0 Å². The summed E-state index contributed by atoms with van der Waals surface area (Å²) in [6, 6.07) is 12.8. The highest BCUT2D eigenvalue weighted by molar-refractivity contribution is 5.71. The molecule has 2 nitrogen and oxygen atoms in total. The van der Waals surface area contributed by atoms with Crippen LogP contribution in [0.5, 0.6) is 0 Å². The van der Waals surface area contributed by atoms with Crippen molar-refractivity contribution in [3.05, 3.63) is 53.7 Å². The summed E-state index contributed by atoms with van der Waals surface area (Å²) in [4.78, 5) is 6.89. The maximum absolute atomic E-state index is 4.55. The summed E-state index contributed by atoms with van der Waals surface area (Å²) in [6.45, 7) is 7.70. The van der Waals surface area contributed by atoms with Gasteiger partial charge in [0.05, 0.1) is 0 Å². The molecule has 0 saturated heterocycles. The Bertz CT molecular complexity index is 587. The number of anilines is 2. The summed E-state index contributed by atoms with van der Waals surface area (Å²) in [5.74, 6) is 1.08. The first kappa shape index (κ1) is 11.3. The minimum atomic E-state index is 0.181. The highest BCUT2D eigenvalue weighted by atomic mass is 15.2. The molecule has 0 fully saturated rings. The van der Waals surface area contributed by atoms with E-state index < -0.39 is 0 Å². The molecular weight excluding hydrogens is 220 g/mol. The van der Waals surface area contributed by atoms with Gasteiger partial charge in [-0.25, -0.2) is 4.98 Å². The molecule has 1 aliphatic heterocycles. The number of nitrogens with zero attached hydrogens (tertiary/aromatic N) is 2. The highest BCUT2D eigenvalue weighted by Crippen LogP contribution is 2.43. The zero-order chi connectivity index (χ0) is 12.8. The molecule has 0 N–H and O–H groups in total. The van der Waals surface area contributed by atoms with Crippen LogP contribution in [0, 0.1) is 6.92 Å². The van der Waals surface area contributed by atoms with Gasteiger partial charge in [0.15, 0.2) is 0 Å². The fraction of sp³-hybridized carbons (Fsp3) is 0.312. The summed E-state index contributed by atoms with van der Waals surface area (Å²) < 4.78 is 0. The van der Waals surface area contributed by atoms with E-state index in [4.69, 9.17) is 0 Å². The zero-order valence-corrected chi connectivity index (χ0v) is 11.1. The lowest BCUT2D eigenvalue weighted by Gasteiger charge is -2.22. The SMILES string of the molecule is Cc1cccnc1N1CC(C)(C)c2ccccc21. The van der Waals surface area contributed by atoms with Gasteiger partial charge < -0.3 is 4.90 Å². The predicted octanol–water partition coefficient (Wildman–Crippen LogP) is 3.82. The van der Waals surface area contributed by atoms with Crippen LogP contribution >= 0.6 is 0 Å². The molecule has 1 aromatic carbocycles. The van der Waals surface area contributed by atoms with Crippen LogP contribution in [0.15, 0.2) is 42.6 Å². The van der Waals surface area contributed by atoms with Crippen molar-refractivity contribution < 1.29 is 0 Å². The Balaban J connectivity index is 2.15. The van der Waals surface area contributed by atoms with Crippen molar-refractivity contribution in [2.75, 3.05) is 11.4 Å².